The van der Waals surface area contributed by atoms with Gasteiger partial charge in [0, 0.05) is 24.0 Å². The van der Waals surface area contributed by atoms with Crippen LogP contribution in [0.2, 0.25) is 4.34 Å². The van der Waals surface area contributed by atoms with Crippen LogP contribution in [0.3, 0.4) is 0 Å². The number of nitrogens with zero attached hydrogens (tertiary/aromatic N) is 1. The summed E-state index contributed by atoms with van der Waals surface area (Å²) in [5, 5.41) is 3.69. The first-order valence-corrected chi connectivity index (χ1v) is 8.08. The Labute approximate surface area is 119 Å². The minimum Gasteiger partial charge on any atom is -0.312 e. The van der Waals surface area contributed by atoms with Gasteiger partial charge in [-0.25, -0.2) is 0 Å². The molecule has 102 valence electrons. The third-order valence-corrected chi connectivity index (χ3v) is 5.07. The third kappa shape index (κ3) is 3.95. The molecule has 1 saturated heterocycles. The molecule has 0 aromatic carbocycles. The number of hydrogen-bond donors (Lipinski definition) is 1. The van der Waals surface area contributed by atoms with Gasteiger partial charge in [0.05, 0.1) is 4.34 Å². The normalized spacial score (nSPS) is 23.8. The van der Waals surface area contributed by atoms with Crippen molar-refractivity contribution in [2.45, 2.75) is 39.3 Å². The summed E-state index contributed by atoms with van der Waals surface area (Å²) in [6.07, 6.45) is 2.49. The second-order valence-electron chi connectivity index (χ2n) is 5.24. The fourth-order valence-electron chi connectivity index (χ4n) is 2.49. The van der Waals surface area contributed by atoms with Gasteiger partial charge in [0.2, 0.25) is 0 Å². The van der Waals surface area contributed by atoms with E-state index in [2.05, 4.69) is 30.1 Å². The lowest BCUT2D eigenvalue weighted by Gasteiger charge is -2.27. The molecule has 1 aromatic rings. The van der Waals surface area contributed by atoms with E-state index in [4.69, 9.17) is 11.6 Å². The zero-order valence-corrected chi connectivity index (χ0v) is 12.9. The first kappa shape index (κ1) is 14.3. The zero-order chi connectivity index (χ0) is 13.0. The predicted octanol–water partition coefficient (Wildman–Crippen LogP) is 3.61. The van der Waals surface area contributed by atoms with Crippen molar-refractivity contribution >= 4 is 22.9 Å². The highest BCUT2D eigenvalue weighted by Crippen LogP contribution is 2.23. The van der Waals surface area contributed by atoms with Crippen LogP contribution in [-0.4, -0.2) is 30.6 Å². The molecule has 2 unspecified atom stereocenters. The molecule has 0 amide bonds. The molecule has 4 heteroatoms. The van der Waals surface area contributed by atoms with E-state index in [0.29, 0.717) is 6.04 Å². The molecule has 0 radical (unpaired) electrons. The van der Waals surface area contributed by atoms with Crippen LogP contribution in [0.4, 0.5) is 0 Å². The van der Waals surface area contributed by atoms with E-state index in [9.17, 15) is 0 Å². The fraction of sp³-hybridized carbons (Fsp3) is 0.714. The molecule has 1 N–H and O–H groups in total. The average Bonchev–Trinajstić information content (AvgIpc) is 2.64. The van der Waals surface area contributed by atoms with Crippen LogP contribution in [0.15, 0.2) is 12.1 Å². The standard InChI is InChI=1S/C14H23ClN2S/c1-3-11(2)13-10-17(8-4-7-16-13)9-12-5-6-14(15)18-12/h5-6,11,13,16H,3-4,7-10H2,1-2H3. The number of hydrogen-bond acceptors (Lipinski definition) is 3. The highest BCUT2D eigenvalue weighted by Gasteiger charge is 2.21. The van der Waals surface area contributed by atoms with Crippen LogP contribution in [-0.2, 0) is 6.54 Å². The van der Waals surface area contributed by atoms with Gasteiger partial charge in [-0.1, -0.05) is 31.9 Å². The molecule has 2 heterocycles. The molecule has 0 spiro atoms. The van der Waals surface area contributed by atoms with Crippen LogP contribution in [0.1, 0.15) is 31.6 Å². The highest BCUT2D eigenvalue weighted by atomic mass is 35.5. The maximum atomic E-state index is 6.00. The molecule has 2 atom stereocenters. The summed E-state index contributed by atoms with van der Waals surface area (Å²) in [4.78, 5) is 3.95. The maximum absolute atomic E-state index is 6.00. The van der Waals surface area contributed by atoms with Crippen molar-refractivity contribution in [2.24, 2.45) is 5.92 Å². The van der Waals surface area contributed by atoms with Gasteiger partial charge in [0.25, 0.3) is 0 Å². The average molecular weight is 287 g/mol. The quantitative estimate of drug-likeness (QED) is 0.910. The molecule has 18 heavy (non-hydrogen) atoms. The van der Waals surface area contributed by atoms with Gasteiger partial charge >= 0.3 is 0 Å². The Morgan fingerprint density at radius 2 is 2.39 bits per heavy atom. The van der Waals surface area contributed by atoms with E-state index in [0.717, 1.165) is 29.9 Å². The Kier molecular flexibility index (Phi) is 5.49. The molecule has 0 aliphatic carbocycles. The Bertz CT molecular complexity index is 366. The second kappa shape index (κ2) is 6.90. The summed E-state index contributed by atoms with van der Waals surface area (Å²) in [6.45, 7) is 9.17. The molecule has 1 fully saturated rings. The van der Waals surface area contributed by atoms with E-state index in [1.54, 1.807) is 11.3 Å². The lowest BCUT2D eigenvalue weighted by molar-refractivity contribution is 0.233. The number of nitrogens with one attached hydrogen (secondary N) is 1. The minimum absolute atomic E-state index is 0.632. The molecule has 2 rings (SSSR count). The van der Waals surface area contributed by atoms with Crippen LogP contribution in [0.25, 0.3) is 0 Å². The van der Waals surface area contributed by atoms with Gasteiger partial charge in [0.15, 0.2) is 0 Å². The number of rotatable bonds is 4. The summed E-state index contributed by atoms with van der Waals surface area (Å²) in [7, 11) is 0. The van der Waals surface area contributed by atoms with Crippen LogP contribution in [0, 0.1) is 5.92 Å². The molecule has 1 aliphatic heterocycles. The van der Waals surface area contributed by atoms with Gasteiger partial charge in [-0.2, -0.15) is 0 Å². The molecule has 0 bridgehead atoms. The van der Waals surface area contributed by atoms with Gasteiger partial charge in [-0.3, -0.25) is 4.90 Å². The highest BCUT2D eigenvalue weighted by molar-refractivity contribution is 7.16. The summed E-state index contributed by atoms with van der Waals surface area (Å²) in [6, 6.07) is 4.79. The van der Waals surface area contributed by atoms with Crippen molar-refractivity contribution in [3.8, 4) is 0 Å². The predicted molar refractivity (Wildman–Crippen MR) is 80.5 cm³/mol. The molecule has 2 nitrogen and oxygen atoms in total. The van der Waals surface area contributed by atoms with Crippen molar-refractivity contribution < 1.29 is 0 Å². The van der Waals surface area contributed by atoms with E-state index in [1.807, 2.05) is 6.07 Å². The Hall–Kier alpha value is -0.0900. The van der Waals surface area contributed by atoms with Gasteiger partial charge in [-0.15, -0.1) is 11.3 Å². The Morgan fingerprint density at radius 1 is 1.56 bits per heavy atom. The Morgan fingerprint density at radius 3 is 3.06 bits per heavy atom. The SMILES string of the molecule is CCC(C)C1CN(Cc2ccc(Cl)s2)CCCN1. The topological polar surface area (TPSA) is 15.3 Å². The maximum Gasteiger partial charge on any atom is 0.0931 e. The lowest BCUT2D eigenvalue weighted by atomic mass is 9.99. The number of thiophene rings is 1. The number of halogens is 1. The van der Waals surface area contributed by atoms with E-state index < -0.39 is 0 Å². The van der Waals surface area contributed by atoms with Gasteiger partial charge in [0.1, 0.15) is 0 Å². The first-order chi connectivity index (χ1) is 8.69. The Balaban J connectivity index is 1.94. The van der Waals surface area contributed by atoms with Crippen molar-refractivity contribution in [2.75, 3.05) is 19.6 Å². The molecule has 0 saturated carbocycles. The molecular formula is C14H23ClN2S. The van der Waals surface area contributed by atoms with Crippen molar-refractivity contribution in [1.29, 1.82) is 0 Å². The first-order valence-electron chi connectivity index (χ1n) is 6.89. The monoisotopic (exact) mass is 286 g/mol. The second-order valence-corrected chi connectivity index (χ2v) is 7.04. The van der Waals surface area contributed by atoms with Crippen LogP contribution < -0.4 is 5.32 Å². The summed E-state index contributed by atoms with van der Waals surface area (Å²) in [5.41, 5.74) is 0. The van der Waals surface area contributed by atoms with Crippen molar-refractivity contribution in [1.82, 2.24) is 10.2 Å². The largest absolute Gasteiger partial charge is 0.312 e. The lowest BCUT2D eigenvalue weighted by Crippen LogP contribution is -2.41. The molecular weight excluding hydrogens is 264 g/mol. The van der Waals surface area contributed by atoms with Gasteiger partial charge < -0.3 is 5.32 Å². The molecule has 1 aromatic heterocycles. The van der Waals surface area contributed by atoms with E-state index >= 15 is 0 Å². The van der Waals surface area contributed by atoms with E-state index in [-0.39, 0.29) is 0 Å². The van der Waals surface area contributed by atoms with Crippen molar-refractivity contribution in [3.05, 3.63) is 21.3 Å². The molecule has 1 aliphatic rings. The zero-order valence-electron chi connectivity index (χ0n) is 11.3. The summed E-state index contributed by atoms with van der Waals surface area (Å²) in [5.74, 6) is 0.748. The summed E-state index contributed by atoms with van der Waals surface area (Å²) < 4.78 is 0.899. The van der Waals surface area contributed by atoms with Gasteiger partial charge in [-0.05, 0) is 37.6 Å². The van der Waals surface area contributed by atoms with Crippen molar-refractivity contribution in [3.63, 3.8) is 0 Å². The third-order valence-electron chi connectivity index (χ3n) is 3.85. The van der Waals surface area contributed by atoms with E-state index in [1.165, 1.54) is 24.3 Å². The van der Waals surface area contributed by atoms with Crippen LogP contribution in [0.5, 0.6) is 0 Å². The minimum atomic E-state index is 0.632. The summed E-state index contributed by atoms with van der Waals surface area (Å²) >= 11 is 7.71. The fourth-order valence-corrected chi connectivity index (χ4v) is 3.62. The smallest absolute Gasteiger partial charge is 0.0931 e. The van der Waals surface area contributed by atoms with Crippen LogP contribution >= 0.6 is 22.9 Å².